The summed E-state index contributed by atoms with van der Waals surface area (Å²) in [6.45, 7) is 3.57. The number of aliphatic hydroxyl groups excluding tert-OH is 1. The number of nitro groups is 1. The summed E-state index contributed by atoms with van der Waals surface area (Å²) in [5.74, 6) is -0.947. The Bertz CT molecular complexity index is 672. The van der Waals surface area contributed by atoms with Crippen LogP contribution in [0.2, 0.25) is 10.4 Å². The summed E-state index contributed by atoms with van der Waals surface area (Å²) in [5, 5.41) is 20.4. The number of hydrogen-bond donors (Lipinski definition) is 1. The van der Waals surface area contributed by atoms with Crippen LogP contribution in [0.4, 0.5) is 5.69 Å². The van der Waals surface area contributed by atoms with E-state index in [-0.39, 0.29) is 58.9 Å². The van der Waals surface area contributed by atoms with Crippen LogP contribution in [0.15, 0.2) is 0 Å². The molecule has 1 saturated carbocycles. The molecule has 24 heavy (non-hydrogen) atoms. The lowest BCUT2D eigenvalue weighted by atomic mass is 9.97. The van der Waals surface area contributed by atoms with Gasteiger partial charge in [0.15, 0.2) is 5.79 Å². The second-order valence-electron chi connectivity index (χ2n) is 6.54. The van der Waals surface area contributed by atoms with Gasteiger partial charge in [0.2, 0.25) is 10.4 Å². The first kappa shape index (κ1) is 17.8. The lowest BCUT2D eigenvalue weighted by Gasteiger charge is -2.22. The SMILES string of the molecule is CC1(C)O[C@@H]2[C@@H](CO)C[C@@H](Cc3nc(Cl)nc(Cl)c3[N+](=O)[O-])[C@@H]2O1. The van der Waals surface area contributed by atoms with Gasteiger partial charge in [0.25, 0.3) is 0 Å². The standard InChI is InChI=1S/C14H17Cl2N3O5/c1-14(2)23-10-6(3-7(5-20)11(10)24-14)4-8-9(19(21)22)12(15)18-13(16)17-8/h6-7,10-11,20H,3-5H2,1-2H3/t6-,7+,10-,11+/m0/s1. The fourth-order valence-electron chi connectivity index (χ4n) is 3.60. The van der Waals surface area contributed by atoms with Gasteiger partial charge in [-0.2, -0.15) is 4.98 Å². The Morgan fingerprint density at radius 2 is 1.92 bits per heavy atom. The maximum absolute atomic E-state index is 11.3. The van der Waals surface area contributed by atoms with Crippen LogP contribution in [0, 0.1) is 22.0 Å². The van der Waals surface area contributed by atoms with E-state index in [1.165, 1.54) is 0 Å². The quantitative estimate of drug-likeness (QED) is 0.371. The highest BCUT2D eigenvalue weighted by Crippen LogP contribution is 2.46. The van der Waals surface area contributed by atoms with Crippen molar-refractivity contribution in [3.05, 3.63) is 26.2 Å². The van der Waals surface area contributed by atoms with Crippen LogP contribution < -0.4 is 0 Å². The lowest BCUT2D eigenvalue weighted by molar-refractivity contribution is -0.386. The number of hydrogen-bond acceptors (Lipinski definition) is 7. The molecule has 2 fully saturated rings. The van der Waals surface area contributed by atoms with Gasteiger partial charge < -0.3 is 14.6 Å². The third kappa shape index (κ3) is 3.21. The third-order valence-electron chi connectivity index (χ3n) is 4.46. The normalized spacial score (nSPS) is 31.2. The Morgan fingerprint density at radius 3 is 2.50 bits per heavy atom. The zero-order valence-corrected chi connectivity index (χ0v) is 14.6. The van der Waals surface area contributed by atoms with E-state index in [1.54, 1.807) is 13.8 Å². The summed E-state index contributed by atoms with van der Waals surface area (Å²) in [7, 11) is 0. The molecule has 2 aliphatic rings. The topological polar surface area (TPSA) is 108 Å². The maximum atomic E-state index is 11.3. The Labute approximate surface area is 148 Å². The highest BCUT2D eigenvalue weighted by molar-refractivity contribution is 6.33. The van der Waals surface area contributed by atoms with Gasteiger partial charge in [-0.05, 0) is 37.8 Å². The predicted molar refractivity (Wildman–Crippen MR) is 84.9 cm³/mol. The summed E-state index contributed by atoms with van der Waals surface area (Å²) in [6.07, 6.45) is 0.333. The summed E-state index contributed by atoms with van der Waals surface area (Å²) in [4.78, 5) is 18.3. The van der Waals surface area contributed by atoms with E-state index in [0.717, 1.165) is 0 Å². The monoisotopic (exact) mass is 377 g/mol. The first-order valence-corrected chi connectivity index (χ1v) is 8.30. The predicted octanol–water partition coefficient (Wildman–Crippen LogP) is 2.38. The first-order chi connectivity index (χ1) is 11.2. The Kier molecular flexibility index (Phi) is 4.69. The summed E-state index contributed by atoms with van der Waals surface area (Å²) < 4.78 is 11.8. The molecule has 3 rings (SSSR count). The Morgan fingerprint density at radius 1 is 1.29 bits per heavy atom. The van der Waals surface area contributed by atoms with Crippen LogP contribution in [-0.2, 0) is 15.9 Å². The fourth-order valence-corrected chi connectivity index (χ4v) is 4.08. The van der Waals surface area contributed by atoms with E-state index in [9.17, 15) is 15.2 Å². The van der Waals surface area contributed by atoms with Crippen LogP contribution in [0.3, 0.4) is 0 Å². The molecule has 132 valence electrons. The van der Waals surface area contributed by atoms with Crippen molar-refractivity contribution in [2.75, 3.05) is 6.61 Å². The molecule has 8 nitrogen and oxygen atoms in total. The molecule has 1 aromatic heterocycles. The molecule has 1 aliphatic carbocycles. The molecule has 4 atom stereocenters. The molecule has 2 heterocycles. The number of ether oxygens (including phenoxy) is 2. The molecule has 0 aromatic carbocycles. The number of aromatic nitrogens is 2. The van der Waals surface area contributed by atoms with Gasteiger partial charge in [-0.3, -0.25) is 10.1 Å². The molecule has 0 unspecified atom stereocenters. The zero-order valence-electron chi connectivity index (χ0n) is 13.1. The average molecular weight is 378 g/mol. The summed E-state index contributed by atoms with van der Waals surface area (Å²) >= 11 is 11.7. The minimum atomic E-state index is -0.756. The summed E-state index contributed by atoms with van der Waals surface area (Å²) in [5.41, 5.74) is -0.177. The molecule has 0 amide bonds. The van der Waals surface area contributed by atoms with Crippen LogP contribution in [0.5, 0.6) is 0 Å². The molecule has 0 spiro atoms. The van der Waals surface area contributed by atoms with Crippen LogP contribution in [0.1, 0.15) is 26.0 Å². The molecule has 10 heteroatoms. The first-order valence-electron chi connectivity index (χ1n) is 7.54. The zero-order chi connectivity index (χ0) is 17.6. The number of nitrogens with zero attached hydrogens (tertiary/aromatic N) is 3. The lowest BCUT2D eigenvalue weighted by Crippen LogP contribution is -2.27. The van der Waals surface area contributed by atoms with E-state index in [0.29, 0.717) is 6.42 Å². The number of fused-ring (bicyclic) bond motifs is 1. The minimum absolute atomic E-state index is 0.0372. The van der Waals surface area contributed by atoms with Crippen molar-refractivity contribution in [3.63, 3.8) is 0 Å². The van der Waals surface area contributed by atoms with E-state index in [4.69, 9.17) is 32.7 Å². The molecular weight excluding hydrogens is 361 g/mol. The highest BCUT2D eigenvalue weighted by Gasteiger charge is 2.53. The minimum Gasteiger partial charge on any atom is -0.396 e. The average Bonchev–Trinajstić information content (AvgIpc) is 2.91. The van der Waals surface area contributed by atoms with Gasteiger partial charge in [-0.25, -0.2) is 4.98 Å². The van der Waals surface area contributed by atoms with Crippen molar-refractivity contribution in [1.82, 2.24) is 9.97 Å². The van der Waals surface area contributed by atoms with Gasteiger partial charge in [0.05, 0.1) is 17.1 Å². The van der Waals surface area contributed by atoms with Crippen molar-refractivity contribution in [2.24, 2.45) is 11.8 Å². The van der Waals surface area contributed by atoms with Gasteiger partial charge in [0, 0.05) is 18.9 Å². The van der Waals surface area contributed by atoms with Crippen LogP contribution in [-0.4, -0.2) is 44.6 Å². The molecule has 1 N–H and O–H groups in total. The second-order valence-corrected chi connectivity index (χ2v) is 7.24. The molecule has 1 saturated heterocycles. The number of rotatable bonds is 4. The van der Waals surface area contributed by atoms with Crippen LogP contribution in [0.25, 0.3) is 0 Å². The van der Waals surface area contributed by atoms with E-state index < -0.39 is 10.7 Å². The molecule has 1 aromatic rings. The van der Waals surface area contributed by atoms with E-state index in [1.807, 2.05) is 0 Å². The second kappa shape index (κ2) is 6.34. The molecule has 0 radical (unpaired) electrons. The van der Waals surface area contributed by atoms with Crippen molar-refractivity contribution in [1.29, 1.82) is 0 Å². The number of aliphatic hydroxyl groups is 1. The molecule has 0 bridgehead atoms. The van der Waals surface area contributed by atoms with Crippen molar-refractivity contribution >= 4 is 28.9 Å². The van der Waals surface area contributed by atoms with Gasteiger partial charge in [-0.15, -0.1) is 0 Å². The Hall–Kier alpha value is -1.06. The molecule has 1 aliphatic heterocycles. The Balaban J connectivity index is 1.90. The van der Waals surface area contributed by atoms with Gasteiger partial charge >= 0.3 is 5.69 Å². The summed E-state index contributed by atoms with van der Waals surface area (Å²) in [6, 6.07) is 0. The van der Waals surface area contributed by atoms with Crippen molar-refractivity contribution in [2.45, 2.75) is 44.7 Å². The van der Waals surface area contributed by atoms with Gasteiger partial charge in [0.1, 0.15) is 5.69 Å². The highest BCUT2D eigenvalue weighted by atomic mass is 35.5. The largest absolute Gasteiger partial charge is 0.396 e. The van der Waals surface area contributed by atoms with Crippen molar-refractivity contribution < 1.29 is 19.5 Å². The van der Waals surface area contributed by atoms with Crippen LogP contribution >= 0.6 is 23.2 Å². The van der Waals surface area contributed by atoms with E-state index in [2.05, 4.69) is 9.97 Å². The molecular formula is C14H17Cl2N3O5. The smallest absolute Gasteiger partial charge is 0.327 e. The van der Waals surface area contributed by atoms with E-state index >= 15 is 0 Å². The third-order valence-corrected chi connectivity index (χ3v) is 4.89. The fraction of sp³-hybridized carbons (Fsp3) is 0.714. The maximum Gasteiger partial charge on any atom is 0.327 e. The van der Waals surface area contributed by atoms with Crippen molar-refractivity contribution in [3.8, 4) is 0 Å². The number of halogens is 2. The van der Waals surface area contributed by atoms with Gasteiger partial charge in [-0.1, -0.05) is 11.6 Å².